The minimum atomic E-state index is -0.810. The molecule has 0 radical (unpaired) electrons. The van der Waals surface area contributed by atoms with E-state index in [1.807, 2.05) is 13.8 Å². The SMILES string of the molecule is CCC(C)(CN)c1cccc(F)c1F. The van der Waals surface area contributed by atoms with Crippen molar-refractivity contribution in [3.05, 3.63) is 35.4 Å². The van der Waals surface area contributed by atoms with Crippen LogP contribution in [0, 0.1) is 11.6 Å². The maximum absolute atomic E-state index is 13.4. The van der Waals surface area contributed by atoms with Gasteiger partial charge in [0.2, 0.25) is 0 Å². The van der Waals surface area contributed by atoms with Crippen LogP contribution in [0.2, 0.25) is 0 Å². The number of hydrogen-bond donors (Lipinski definition) is 1. The van der Waals surface area contributed by atoms with Crippen molar-refractivity contribution >= 4 is 0 Å². The Labute approximate surface area is 82.9 Å². The fourth-order valence-corrected chi connectivity index (χ4v) is 1.41. The summed E-state index contributed by atoms with van der Waals surface area (Å²) in [6.07, 6.45) is 0.684. The zero-order valence-electron chi connectivity index (χ0n) is 8.48. The Balaban J connectivity index is 3.24. The fraction of sp³-hybridized carbons (Fsp3) is 0.455. The van der Waals surface area contributed by atoms with Gasteiger partial charge in [0, 0.05) is 12.0 Å². The molecule has 1 atom stereocenters. The molecule has 0 aliphatic heterocycles. The van der Waals surface area contributed by atoms with Gasteiger partial charge in [-0.2, -0.15) is 0 Å². The molecule has 0 bridgehead atoms. The summed E-state index contributed by atoms with van der Waals surface area (Å²) in [7, 11) is 0. The van der Waals surface area contributed by atoms with E-state index in [1.54, 1.807) is 6.07 Å². The summed E-state index contributed by atoms with van der Waals surface area (Å²) in [5.41, 5.74) is 5.46. The Hall–Kier alpha value is -0.960. The molecule has 0 saturated carbocycles. The van der Waals surface area contributed by atoms with Crippen LogP contribution in [0.15, 0.2) is 18.2 Å². The first kappa shape index (κ1) is 11.1. The number of rotatable bonds is 3. The van der Waals surface area contributed by atoms with Crippen LogP contribution < -0.4 is 5.73 Å². The predicted octanol–water partition coefficient (Wildman–Crippen LogP) is 2.59. The van der Waals surface area contributed by atoms with Crippen LogP contribution >= 0.6 is 0 Å². The summed E-state index contributed by atoms with van der Waals surface area (Å²) in [6, 6.07) is 4.22. The normalized spacial score (nSPS) is 15.2. The highest BCUT2D eigenvalue weighted by molar-refractivity contribution is 5.27. The first-order valence-electron chi connectivity index (χ1n) is 4.69. The van der Waals surface area contributed by atoms with Gasteiger partial charge in [-0.3, -0.25) is 0 Å². The lowest BCUT2D eigenvalue weighted by Gasteiger charge is -2.27. The minimum Gasteiger partial charge on any atom is -0.330 e. The zero-order chi connectivity index (χ0) is 10.8. The molecule has 1 aromatic carbocycles. The number of benzene rings is 1. The molecule has 3 heteroatoms. The van der Waals surface area contributed by atoms with Gasteiger partial charge in [-0.15, -0.1) is 0 Å². The average molecular weight is 199 g/mol. The van der Waals surface area contributed by atoms with Gasteiger partial charge in [0.25, 0.3) is 0 Å². The van der Waals surface area contributed by atoms with Gasteiger partial charge in [-0.05, 0) is 18.1 Å². The smallest absolute Gasteiger partial charge is 0.162 e. The van der Waals surface area contributed by atoms with Gasteiger partial charge in [-0.1, -0.05) is 26.0 Å². The second-order valence-corrected chi connectivity index (χ2v) is 3.72. The molecule has 0 amide bonds. The third-order valence-electron chi connectivity index (χ3n) is 2.83. The summed E-state index contributed by atoms with van der Waals surface area (Å²) in [4.78, 5) is 0. The van der Waals surface area contributed by atoms with Crippen molar-refractivity contribution in [2.24, 2.45) is 5.73 Å². The second kappa shape index (κ2) is 4.05. The Bertz CT molecular complexity index is 319. The fourth-order valence-electron chi connectivity index (χ4n) is 1.41. The highest BCUT2D eigenvalue weighted by atomic mass is 19.2. The summed E-state index contributed by atoms with van der Waals surface area (Å²) >= 11 is 0. The van der Waals surface area contributed by atoms with Crippen LogP contribution in [0.25, 0.3) is 0 Å². The molecular formula is C11H15F2N. The van der Waals surface area contributed by atoms with Crippen LogP contribution in [0.5, 0.6) is 0 Å². The van der Waals surface area contributed by atoms with Gasteiger partial charge < -0.3 is 5.73 Å². The lowest BCUT2D eigenvalue weighted by atomic mass is 9.80. The first-order valence-corrected chi connectivity index (χ1v) is 4.69. The van der Waals surface area contributed by atoms with Crippen LogP contribution in [-0.4, -0.2) is 6.54 Å². The summed E-state index contributed by atoms with van der Waals surface area (Å²) in [5.74, 6) is -1.59. The lowest BCUT2D eigenvalue weighted by Crippen LogP contribution is -2.32. The topological polar surface area (TPSA) is 26.0 Å². The number of halogens is 2. The standard InChI is InChI=1S/C11H15F2N/c1-3-11(2,7-14)8-5-4-6-9(12)10(8)13/h4-6H,3,7,14H2,1-2H3. The molecular weight excluding hydrogens is 184 g/mol. The maximum Gasteiger partial charge on any atom is 0.162 e. The third-order valence-corrected chi connectivity index (χ3v) is 2.83. The first-order chi connectivity index (χ1) is 6.55. The maximum atomic E-state index is 13.4. The molecule has 0 aromatic heterocycles. The summed E-state index contributed by atoms with van der Waals surface area (Å²) in [5, 5.41) is 0. The van der Waals surface area contributed by atoms with Crippen LogP contribution in [-0.2, 0) is 5.41 Å². The number of nitrogens with two attached hydrogens (primary N) is 1. The molecule has 0 spiro atoms. The van der Waals surface area contributed by atoms with E-state index in [2.05, 4.69) is 0 Å². The average Bonchev–Trinajstić information content (AvgIpc) is 2.21. The molecule has 14 heavy (non-hydrogen) atoms. The quantitative estimate of drug-likeness (QED) is 0.795. The molecule has 1 unspecified atom stereocenters. The Morgan fingerprint density at radius 1 is 1.36 bits per heavy atom. The Kier molecular flexibility index (Phi) is 3.21. The third kappa shape index (κ3) is 1.77. The summed E-state index contributed by atoms with van der Waals surface area (Å²) in [6.45, 7) is 4.06. The molecule has 1 aromatic rings. The van der Waals surface area contributed by atoms with E-state index in [-0.39, 0.29) is 0 Å². The molecule has 0 fully saturated rings. The molecule has 0 aliphatic carbocycles. The highest BCUT2D eigenvalue weighted by Crippen LogP contribution is 2.29. The van der Waals surface area contributed by atoms with Crippen molar-refractivity contribution in [1.82, 2.24) is 0 Å². The van der Waals surface area contributed by atoms with Gasteiger partial charge >= 0.3 is 0 Å². The van der Waals surface area contributed by atoms with Crippen molar-refractivity contribution in [1.29, 1.82) is 0 Å². The summed E-state index contributed by atoms with van der Waals surface area (Å²) < 4.78 is 26.4. The van der Waals surface area contributed by atoms with Gasteiger partial charge in [0.15, 0.2) is 11.6 Å². The number of hydrogen-bond acceptors (Lipinski definition) is 1. The van der Waals surface area contributed by atoms with E-state index in [9.17, 15) is 8.78 Å². The predicted molar refractivity (Wildman–Crippen MR) is 53.1 cm³/mol. The van der Waals surface area contributed by atoms with Gasteiger partial charge in [0.05, 0.1) is 0 Å². The lowest BCUT2D eigenvalue weighted by molar-refractivity contribution is 0.417. The van der Waals surface area contributed by atoms with Gasteiger partial charge in [-0.25, -0.2) is 8.78 Å². The molecule has 0 saturated heterocycles. The molecule has 1 nitrogen and oxygen atoms in total. The van der Waals surface area contributed by atoms with Crippen molar-refractivity contribution in [2.45, 2.75) is 25.7 Å². The van der Waals surface area contributed by atoms with E-state index < -0.39 is 17.0 Å². The Morgan fingerprint density at radius 2 is 2.00 bits per heavy atom. The molecule has 78 valence electrons. The monoisotopic (exact) mass is 199 g/mol. The molecule has 1 rings (SSSR count). The van der Waals surface area contributed by atoms with Crippen molar-refractivity contribution in [3.63, 3.8) is 0 Å². The van der Waals surface area contributed by atoms with E-state index >= 15 is 0 Å². The van der Waals surface area contributed by atoms with Crippen LogP contribution in [0.1, 0.15) is 25.8 Å². The van der Waals surface area contributed by atoms with E-state index in [0.717, 1.165) is 6.07 Å². The van der Waals surface area contributed by atoms with Crippen molar-refractivity contribution in [2.75, 3.05) is 6.54 Å². The highest BCUT2D eigenvalue weighted by Gasteiger charge is 2.27. The van der Waals surface area contributed by atoms with Crippen LogP contribution in [0.3, 0.4) is 0 Å². The Morgan fingerprint density at radius 3 is 2.50 bits per heavy atom. The van der Waals surface area contributed by atoms with E-state index in [0.29, 0.717) is 18.5 Å². The molecule has 2 N–H and O–H groups in total. The van der Waals surface area contributed by atoms with Crippen molar-refractivity contribution in [3.8, 4) is 0 Å². The van der Waals surface area contributed by atoms with Gasteiger partial charge in [0.1, 0.15) is 0 Å². The van der Waals surface area contributed by atoms with Crippen molar-refractivity contribution < 1.29 is 8.78 Å². The van der Waals surface area contributed by atoms with E-state index in [4.69, 9.17) is 5.73 Å². The molecule has 0 heterocycles. The second-order valence-electron chi connectivity index (χ2n) is 3.72. The van der Waals surface area contributed by atoms with E-state index in [1.165, 1.54) is 6.07 Å². The van der Waals surface area contributed by atoms with Crippen LogP contribution in [0.4, 0.5) is 8.78 Å². The largest absolute Gasteiger partial charge is 0.330 e. The minimum absolute atomic E-state index is 0.309. The molecule has 0 aliphatic rings. The zero-order valence-corrected chi connectivity index (χ0v) is 8.48.